The number of imidazole rings is 1. The summed E-state index contributed by atoms with van der Waals surface area (Å²) in [5.74, 6) is 0.190. The second-order valence-electron chi connectivity index (χ2n) is 5.25. The molecule has 0 aliphatic rings. The van der Waals surface area contributed by atoms with Crippen LogP contribution in [0.15, 0.2) is 36.4 Å². The first-order valence-corrected chi connectivity index (χ1v) is 7.08. The molecule has 0 radical (unpaired) electrons. The molecular weight excluding hydrogens is 289 g/mol. The Morgan fingerprint density at radius 3 is 2.71 bits per heavy atom. The number of hydrogen-bond acceptors (Lipinski definition) is 2. The van der Waals surface area contributed by atoms with Crippen molar-refractivity contribution in [1.29, 1.82) is 0 Å². The molecule has 0 saturated heterocycles. The van der Waals surface area contributed by atoms with Crippen LogP contribution in [-0.2, 0) is 0 Å². The fourth-order valence-electron chi connectivity index (χ4n) is 2.51. The minimum atomic E-state index is -0.350. The van der Waals surface area contributed by atoms with E-state index in [-0.39, 0.29) is 11.9 Å². The minimum absolute atomic E-state index is 0.0886. The summed E-state index contributed by atoms with van der Waals surface area (Å²) in [5, 5.41) is 0.601. The molecule has 2 aromatic carbocycles. The van der Waals surface area contributed by atoms with Gasteiger partial charge in [0.1, 0.15) is 11.6 Å². The third-order valence-corrected chi connectivity index (χ3v) is 3.71. The average molecular weight is 304 g/mol. The number of rotatable bonds is 2. The number of nitrogens with zero attached hydrogens (tertiary/aromatic N) is 2. The predicted octanol–water partition coefficient (Wildman–Crippen LogP) is 4.66. The molecule has 0 spiro atoms. The Morgan fingerprint density at radius 1 is 1.24 bits per heavy atom. The maximum absolute atomic E-state index is 14.2. The predicted molar refractivity (Wildman–Crippen MR) is 84.9 cm³/mol. The maximum Gasteiger partial charge on any atom is 0.144 e. The number of anilines is 1. The lowest BCUT2D eigenvalue weighted by Crippen LogP contribution is -2.04. The van der Waals surface area contributed by atoms with E-state index in [0.29, 0.717) is 22.1 Å². The topological polar surface area (TPSA) is 43.8 Å². The van der Waals surface area contributed by atoms with Crippen LogP contribution in [0.1, 0.15) is 19.9 Å². The van der Waals surface area contributed by atoms with Crippen LogP contribution < -0.4 is 5.73 Å². The molecule has 0 atom stereocenters. The molecular formula is C16H15ClFN3. The van der Waals surface area contributed by atoms with E-state index in [9.17, 15) is 4.39 Å². The number of nitrogen functional groups attached to an aromatic ring is 1. The number of benzene rings is 2. The van der Waals surface area contributed by atoms with Crippen molar-refractivity contribution in [2.75, 3.05) is 5.73 Å². The quantitative estimate of drug-likeness (QED) is 0.700. The van der Waals surface area contributed by atoms with Gasteiger partial charge in [0.05, 0.1) is 21.6 Å². The first-order valence-electron chi connectivity index (χ1n) is 6.71. The summed E-state index contributed by atoms with van der Waals surface area (Å²) in [6.45, 7) is 4.02. The number of fused-ring (bicyclic) bond motifs is 1. The van der Waals surface area contributed by atoms with Crippen LogP contribution in [0.3, 0.4) is 0 Å². The van der Waals surface area contributed by atoms with Gasteiger partial charge in [-0.3, -0.25) is 0 Å². The second-order valence-corrected chi connectivity index (χ2v) is 5.65. The van der Waals surface area contributed by atoms with Crippen molar-refractivity contribution in [3.05, 3.63) is 47.2 Å². The molecule has 0 bridgehead atoms. The number of nitrogens with two attached hydrogens (primary N) is 1. The van der Waals surface area contributed by atoms with E-state index in [1.54, 1.807) is 6.07 Å². The van der Waals surface area contributed by atoms with Gasteiger partial charge in [0.15, 0.2) is 0 Å². The normalized spacial score (nSPS) is 11.5. The molecule has 0 unspecified atom stereocenters. The van der Waals surface area contributed by atoms with Gasteiger partial charge >= 0.3 is 0 Å². The Hall–Kier alpha value is -2.07. The van der Waals surface area contributed by atoms with Crippen LogP contribution in [-0.4, -0.2) is 9.55 Å². The van der Waals surface area contributed by atoms with Crippen LogP contribution in [0.4, 0.5) is 10.1 Å². The van der Waals surface area contributed by atoms with E-state index < -0.39 is 0 Å². The van der Waals surface area contributed by atoms with Gasteiger partial charge < -0.3 is 10.3 Å². The van der Waals surface area contributed by atoms with Crippen molar-refractivity contribution < 1.29 is 4.39 Å². The summed E-state index contributed by atoms with van der Waals surface area (Å²) < 4.78 is 16.1. The van der Waals surface area contributed by atoms with E-state index in [1.807, 2.05) is 36.6 Å². The molecule has 0 aliphatic carbocycles. The maximum atomic E-state index is 14.2. The van der Waals surface area contributed by atoms with Crippen molar-refractivity contribution in [1.82, 2.24) is 9.55 Å². The molecule has 3 aromatic rings. The van der Waals surface area contributed by atoms with Crippen LogP contribution in [0.2, 0.25) is 5.02 Å². The van der Waals surface area contributed by atoms with Crippen LogP contribution in [0.5, 0.6) is 0 Å². The molecule has 5 heteroatoms. The van der Waals surface area contributed by atoms with Gasteiger partial charge in [-0.05, 0) is 44.2 Å². The molecule has 1 heterocycles. The molecule has 0 amide bonds. The van der Waals surface area contributed by atoms with Crippen molar-refractivity contribution in [2.45, 2.75) is 19.9 Å². The number of halogens is 2. The second kappa shape index (κ2) is 5.04. The summed E-state index contributed by atoms with van der Waals surface area (Å²) in [7, 11) is 0. The summed E-state index contributed by atoms with van der Waals surface area (Å²) in [5.41, 5.74) is 8.23. The first-order chi connectivity index (χ1) is 9.99. The van der Waals surface area contributed by atoms with Gasteiger partial charge in [0.2, 0.25) is 0 Å². The first kappa shape index (κ1) is 13.9. The van der Waals surface area contributed by atoms with Gasteiger partial charge in [0, 0.05) is 11.7 Å². The fraction of sp³-hybridized carbons (Fsp3) is 0.188. The molecule has 0 aliphatic heterocycles. The van der Waals surface area contributed by atoms with E-state index in [2.05, 4.69) is 4.98 Å². The highest BCUT2D eigenvalue weighted by atomic mass is 35.5. The Morgan fingerprint density at radius 2 is 2.00 bits per heavy atom. The minimum Gasteiger partial charge on any atom is -0.399 e. The Kier molecular flexibility index (Phi) is 3.33. The van der Waals surface area contributed by atoms with Crippen LogP contribution in [0, 0.1) is 5.82 Å². The SMILES string of the molecule is CC(C)n1c(-c2cc(N)ccc2F)nc2cccc(Cl)c21. The monoisotopic (exact) mass is 303 g/mol. The van der Waals surface area contributed by atoms with Gasteiger partial charge in [0.25, 0.3) is 0 Å². The third-order valence-electron chi connectivity index (χ3n) is 3.41. The van der Waals surface area contributed by atoms with E-state index >= 15 is 0 Å². The molecule has 108 valence electrons. The summed E-state index contributed by atoms with van der Waals surface area (Å²) in [6.07, 6.45) is 0. The Labute approximate surface area is 127 Å². The lowest BCUT2D eigenvalue weighted by molar-refractivity contribution is 0.608. The van der Waals surface area contributed by atoms with Gasteiger partial charge in [-0.25, -0.2) is 9.37 Å². The fourth-order valence-corrected chi connectivity index (χ4v) is 2.77. The van der Waals surface area contributed by atoms with E-state index in [1.165, 1.54) is 12.1 Å². The average Bonchev–Trinajstić information content (AvgIpc) is 2.82. The van der Waals surface area contributed by atoms with Gasteiger partial charge in [-0.15, -0.1) is 0 Å². The zero-order valence-electron chi connectivity index (χ0n) is 11.8. The van der Waals surface area contributed by atoms with Crippen LogP contribution in [0.25, 0.3) is 22.4 Å². The summed E-state index contributed by atoms with van der Waals surface area (Å²) in [6, 6.07) is 10.1. The third kappa shape index (κ3) is 2.25. The molecule has 21 heavy (non-hydrogen) atoms. The standard InChI is InChI=1S/C16H15ClFN3/c1-9(2)21-15-12(17)4-3-5-14(15)20-16(21)11-8-10(19)6-7-13(11)18/h3-9H,19H2,1-2H3. The van der Waals surface area contributed by atoms with Gasteiger partial charge in [-0.2, -0.15) is 0 Å². The zero-order chi connectivity index (χ0) is 15.1. The van der Waals surface area contributed by atoms with Crippen molar-refractivity contribution >= 4 is 28.3 Å². The van der Waals surface area contributed by atoms with Crippen molar-refractivity contribution in [3.8, 4) is 11.4 Å². The highest BCUT2D eigenvalue weighted by molar-refractivity contribution is 6.35. The molecule has 3 rings (SSSR count). The van der Waals surface area contributed by atoms with Crippen LogP contribution >= 0.6 is 11.6 Å². The molecule has 1 aromatic heterocycles. The van der Waals surface area contributed by atoms with Crippen molar-refractivity contribution in [2.24, 2.45) is 0 Å². The Balaban J connectivity index is 2.40. The lowest BCUT2D eigenvalue weighted by Gasteiger charge is -2.14. The van der Waals surface area contributed by atoms with Gasteiger partial charge in [-0.1, -0.05) is 17.7 Å². The highest BCUT2D eigenvalue weighted by Crippen LogP contribution is 2.34. The molecule has 3 nitrogen and oxygen atoms in total. The van der Waals surface area contributed by atoms with E-state index in [0.717, 1.165) is 11.0 Å². The smallest absolute Gasteiger partial charge is 0.144 e. The summed E-state index contributed by atoms with van der Waals surface area (Å²) in [4.78, 5) is 4.55. The molecule has 0 fully saturated rings. The number of para-hydroxylation sites is 1. The van der Waals surface area contributed by atoms with E-state index in [4.69, 9.17) is 17.3 Å². The largest absolute Gasteiger partial charge is 0.399 e. The highest BCUT2D eigenvalue weighted by Gasteiger charge is 2.19. The Bertz CT molecular complexity index is 824. The molecule has 2 N–H and O–H groups in total. The summed E-state index contributed by atoms with van der Waals surface area (Å²) >= 11 is 6.30. The zero-order valence-corrected chi connectivity index (χ0v) is 12.5. The number of hydrogen-bond donors (Lipinski definition) is 1. The van der Waals surface area contributed by atoms with Crippen molar-refractivity contribution in [3.63, 3.8) is 0 Å². The lowest BCUT2D eigenvalue weighted by atomic mass is 10.1. The molecule has 0 saturated carbocycles. The number of aromatic nitrogens is 2.